The lowest BCUT2D eigenvalue weighted by Gasteiger charge is -1.92. The second kappa shape index (κ2) is 1.84. The van der Waals surface area contributed by atoms with Gasteiger partial charge in [0.1, 0.15) is 0 Å². The number of fused-ring (bicyclic) bond motifs is 1. The van der Waals surface area contributed by atoms with Crippen LogP contribution in [0.3, 0.4) is 0 Å². The maximum atomic E-state index is 10.8. The Bertz CT molecular complexity index is 253. The Morgan fingerprint density at radius 1 is 1.60 bits per heavy atom. The SMILES string of the molecule is O=C1Cc2cc[c]cc2N1. The first-order valence-corrected chi connectivity index (χ1v) is 3.15. The van der Waals surface area contributed by atoms with Crippen LogP contribution in [0.15, 0.2) is 18.2 Å². The maximum Gasteiger partial charge on any atom is 0.228 e. The number of carbonyl (C=O) groups excluding carboxylic acids is 1. The average molecular weight is 132 g/mol. The van der Waals surface area contributed by atoms with Gasteiger partial charge in [0.2, 0.25) is 5.91 Å². The van der Waals surface area contributed by atoms with E-state index in [1.165, 1.54) is 0 Å². The molecule has 1 amide bonds. The summed E-state index contributed by atoms with van der Waals surface area (Å²) < 4.78 is 0. The summed E-state index contributed by atoms with van der Waals surface area (Å²) in [6.07, 6.45) is 0.518. The molecule has 2 nitrogen and oxygen atoms in total. The fourth-order valence-corrected chi connectivity index (χ4v) is 1.10. The van der Waals surface area contributed by atoms with E-state index in [9.17, 15) is 4.79 Å². The second-order valence-electron chi connectivity index (χ2n) is 2.31. The molecule has 0 spiro atoms. The minimum Gasteiger partial charge on any atom is -0.326 e. The highest BCUT2D eigenvalue weighted by atomic mass is 16.1. The molecule has 0 fully saturated rings. The Morgan fingerprint density at radius 3 is 3.30 bits per heavy atom. The van der Waals surface area contributed by atoms with Crippen LogP contribution in [0.2, 0.25) is 0 Å². The van der Waals surface area contributed by atoms with Crippen LogP contribution in [0.25, 0.3) is 0 Å². The Kier molecular flexibility index (Phi) is 1.01. The number of hydrogen-bond acceptors (Lipinski definition) is 1. The number of benzene rings is 1. The standard InChI is InChI=1S/C8H6NO/c10-8-5-6-3-1-2-4-7(6)9-8/h1,3-4H,5H2,(H,9,10). The predicted octanol–water partition coefficient (Wildman–Crippen LogP) is 0.981. The van der Waals surface area contributed by atoms with E-state index in [-0.39, 0.29) is 5.91 Å². The predicted molar refractivity (Wildman–Crippen MR) is 37.6 cm³/mol. The molecule has 1 radical (unpaired) electrons. The third-order valence-corrected chi connectivity index (χ3v) is 1.58. The van der Waals surface area contributed by atoms with Crippen LogP contribution in [0, 0.1) is 6.07 Å². The van der Waals surface area contributed by atoms with Gasteiger partial charge >= 0.3 is 0 Å². The highest BCUT2D eigenvalue weighted by Crippen LogP contribution is 2.20. The molecule has 2 heteroatoms. The number of hydrogen-bond donors (Lipinski definition) is 1. The van der Waals surface area contributed by atoms with E-state index in [0.29, 0.717) is 6.42 Å². The van der Waals surface area contributed by atoms with E-state index < -0.39 is 0 Å². The molecule has 10 heavy (non-hydrogen) atoms. The third-order valence-electron chi connectivity index (χ3n) is 1.58. The lowest BCUT2D eigenvalue weighted by atomic mass is 10.2. The Hall–Kier alpha value is -1.31. The van der Waals surface area contributed by atoms with Crippen molar-refractivity contribution >= 4 is 11.6 Å². The molecule has 0 unspecified atom stereocenters. The molecule has 0 aliphatic carbocycles. The van der Waals surface area contributed by atoms with Crippen LogP contribution >= 0.6 is 0 Å². The zero-order valence-electron chi connectivity index (χ0n) is 5.35. The molecule has 0 saturated heterocycles. The van der Waals surface area contributed by atoms with Crippen molar-refractivity contribution < 1.29 is 4.79 Å². The maximum absolute atomic E-state index is 10.8. The largest absolute Gasteiger partial charge is 0.326 e. The molecule has 1 aliphatic heterocycles. The van der Waals surface area contributed by atoms with Crippen molar-refractivity contribution in [3.63, 3.8) is 0 Å². The molecule has 2 rings (SSSR count). The normalized spacial score (nSPS) is 14.6. The summed E-state index contributed by atoms with van der Waals surface area (Å²) >= 11 is 0. The topological polar surface area (TPSA) is 29.1 Å². The van der Waals surface area contributed by atoms with Crippen molar-refractivity contribution in [2.45, 2.75) is 6.42 Å². The number of carbonyl (C=O) groups is 1. The Labute approximate surface area is 58.9 Å². The van der Waals surface area contributed by atoms with Crippen LogP contribution < -0.4 is 5.32 Å². The van der Waals surface area contributed by atoms with Gasteiger partial charge in [0, 0.05) is 5.69 Å². The van der Waals surface area contributed by atoms with Crippen LogP contribution in [-0.4, -0.2) is 5.91 Å². The molecular weight excluding hydrogens is 126 g/mol. The van der Waals surface area contributed by atoms with Crippen molar-refractivity contribution in [1.29, 1.82) is 0 Å². The third kappa shape index (κ3) is 0.692. The molecule has 0 saturated carbocycles. The zero-order valence-corrected chi connectivity index (χ0v) is 5.35. The van der Waals surface area contributed by atoms with Gasteiger partial charge in [0.05, 0.1) is 6.42 Å². The van der Waals surface area contributed by atoms with Gasteiger partial charge < -0.3 is 5.32 Å². The summed E-state index contributed by atoms with van der Waals surface area (Å²) in [6.45, 7) is 0. The first-order chi connectivity index (χ1) is 4.86. The quantitative estimate of drug-likeness (QED) is 0.560. The molecule has 1 aliphatic rings. The van der Waals surface area contributed by atoms with E-state index in [0.717, 1.165) is 11.3 Å². The van der Waals surface area contributed by atoms with Crippen molar-refractivity contribution in [1.82, 2.24) is 0 Å². The van der Waals surface area contributed by atoms with E-state index in [2.05, 4.69) is 11.4 Å². The molecule has 0 aromatic heterocycles. The van der Waals surface area contributed by atoms with Gasteiger partial charge in [-0.25, -0.2) is 0 Å². The molecule has 1 N–H and O–H groups in total. The summed E-state index contributed by atoms with van der Waals surface area (Å²) in [5.74, 6) is 0.0783. The molecule has 1 aromatic carbocycles. The molecule has 1 heterocycles. The minimum atomic E-state index is 0.0783. The summed E-state index contributed by atoms with van der Waals surface area (Å²) in [7, 11) is 0. The summed E-state index contributed by atoms with van der Waals surface area (Å²) in [4.78, 5) is 10.8. The second-order valence-corrected chi connectivity index (χ2v) is 2.31. The number of rotatable bonds is 0. The Balaban J connectivity index is 2.51. The fraction of sp³-hybridized carbons (Fsp3) is 0.125. The van der Waals surface area contributed by atoms with Gasteiger partial charge in [0.25, 0.3) is 0 Å². The fourth-order valence-electron chi connectivity index (χ4n) is 1.10. The van der Waals surface area contributed by atoms with E-state index >= 15 is 0 Å². The van der Waals surface area contributed by atoms with Gasteiger partial charge in [0.15, 0.2) is 0 Å². The lowest BCUT2D eigenvalue weighted by molar-refractivity contribution is -0.115. The van der Waals surface area contributed by atoms with Crippen LogP contribution in [0.4, 0.5) is 5.69 Å². The van der Waals surface area contributed by atoms with Gasteiger partial charge in [-0.1, -0.05) is 12.1 Å². The lowest BCUT2D eigenvalue weighted by Crippen LogP contribution is -2.03. The van der Waals surface area contributed by atoms with E-state index in [1.54, 1.807) is 6.07 Å². The summed E-state index contributed by atoms with van der Waals surface area (Å²) in [6, 6.07) is 8.42. The monoisotopic (exact) mass is 132 g/mol. The summed E-state index contributed by atoms with van der Waals surface area (Å²) in [5, 5.41) is 2.73. The first-order valence-electron chi connectivity index (χ1n) is 3.15. The number of anilines is 1. The van der Waals surface area contributed by atoms with Gasteiger partial charge in [-0.2, -0.15) is 0 Å². The number of nitrogens with one attached hydrogen (secondary N) is 1. The van der Waals surface area contributed by atoms with Gasteiger partial charge in [-0.15, -0.1) is 0 Å². The molecule has 0 atom stereocenters. The minimum absolute atomic E-state index is 0.0783. The van der Waals surface area contributed by atoms with E-state index in [4.69, 9.17) is 0 Å². The van der Waals surface area contributed by atoms with Crippen LogP contribution in [-0.2, 0) is 11.2 Å². The van der Waals surface area contributed by atoms with Crippen molar-refractivity contribution in [3.8, 4) is 0 Å². The van der Waals surface area contributed by atoms with Crippen molar-refractivity contribution in [2.24, 2.45) is 0 Å². The van der Waals surface area contributed by atoms with Crippen LogP contribution in [0.1, 0.15) is 5.56 Å². The van der Waals surface area contributed by atoms with Crippen LogP contribution in [0.5, 0.6) is 0 Å². The smallest absolute Gasteiger partial charge is 0.228 e. The number of amides is 1. The molecule has 0 bridgehead atoms. The Morgan fingerprint density at radius 2 is 2.50 bits per heavy atom. The first kappa shape index (κ1) is 5.47. The van der Waals surface area contributed by atoms with Gasteiger partial charge in [-0.3, -0.25) is 4.79 Å². The molecule has 49 valence electrons. The van der Waals surface area contributed by atoms with Crippen molar-refractivity contribution in [3.05, 3.63) is 29.8 Å². The molecule has 1 aromatic rings. The highest BCUT2D eigenvalue weighted by molar-refractivity contribution is 5.98. The average Bonchev–Trinajstić information content (AvgIpc) is 2.27. The highest BCUT2D eigenvalue weighted by Gasteiger charge is 2.15. The zero-order chi connectivity index (χ0) is 6.97. The molecular formula is C8H6NO. The van der Waals surface area contributed by atoms with E-state index in [1.807, 2.05) is 12.1 Å². The van der Waals surface area contributed by atoms with Gasteiger partial charge in [-0.05, 0) is 17.7 Å². The van der Waals surface area contributed by atoms with Crippen molar-refractivity contribution in [2.75, 3.05) is 5.32 Å². The summed E-state index contributed by atoms with van der Waals surface area (Å²) in [5.41, 5.74) is 1.98.